The van der Waals surface area contributed by atoms with Crippen molar-refractivity contribution in [2.45, 2.75) is 45.3 Å². The summed E-state index contributed by atoms with van der Waals surface area (Å²) >= 11 is 0. The third kappa shape index (κ3) is 2.30. The van der Waals surface area contributed by atoms with Gasteiger partial charge in [0.25, 0.3) is 5.91 Å². The summed E-state index contributed by atoms with van der Waals surface area (Å²) in [5.41, 5.74) is -0.00421. The summed E-state index contributed by atoms with van der Waals surface area (Å²) < 4.78 is 19.1. The van der Waals surface area contributed by atoms with Gasteiger partial charge in [0.2, 0.25) is 0 Å². The van der Waals surface area contributed by atoms with Crippen LogP contribution in [0.2, 0.25) is 0 Å². The van der Waals surface area contributed by atoms with Crippen molar-refractivity contribution < 1.29 is 13.9 Å². The molecule has 1 saturated carbocycles. The first-order chi connectivity index (χ1) is 9.58. The Hall–Kier alpha value is -1.49. The third-order valence-electron chi connectivity index (χ3n) is 4.71. The minimum absolute atomic E-state index is 0.0301. The Kier molecular flexibility index (Phi) is 4.38. The molecule has 0 radical (unpaired) electrons. The average Bonchev–Trinajstić information content (AvgIpc) is 2.44. The summed E-state index contributed by atoms with van der Waals surface area (Å²) in [5.74, 6) is -0.970. The van der Waals surface area contributed by atoms with Crippen LogP contribution in [0.15, 0.2) is 18.5 Å². The highest BCUT2D eigenvalue weighted by molar-refractivity contribution is 5.94. The summed E-state index contributed by atoms with van der Waals surface area (Å²) in [5, 5.41) is 2.94. The molecule has 0 bridgehead atoms. The lowest BCUT2D eigenvalue weighted by molar-refractivity contribution is -0.120. The molecule has 2 rings (SSSR count). The Morgan fingerprint density at radius 3 is 2.80 bits per heavy atom. The highest BCUT2D eigenvalue weighted by Gasteiger charge is 2.53. The molecule has 110 valence electrons. The van der Waals surface area contributed by atoms with E-state index in [2.05, 4.69) is 24.1 Å². The van der Waals surface area contributed by atoms with Gasteiger partial charge in [-0.3, -0.25) is 9.78 Å². The number of rotatable bonds is 5. The molecular weight excluding hydrogens is 259 g/mol. The molecule has 0 saturated heterocycles. The number of amides is 1. The second-order valence-electron chi connectivity index (χ2n) is 5.28. The van der Waals surface area contributed by atoms with Gasteiger partial charge in [0.1, 0.15) is 0 Å². The van der Waals surface area contributed by atoms with Crippen LogP contribution in [0.4, 0.5) is 4.39 Å². The molecule has 1 aromatic heterocycles. The smallest absolute Gasteiger partial charge is 0.254 e. The largest absolute Gasteiger partial charge is 0.381 e. The second-order valence-corrected chi connectivity index (χ2v) is 5.28. The molecule has 20 heavy (non-hydrogen) atoms. The lowest BCUT2D eigenvalue weighted by Crippen LogP contribution is -2.64. The average molecular weight is 280 g/mol. The maximum atomic E-state index is 13.6. The summed E-state index contributed by atoms with van der Waals surface area (Å²) in [6.07, 6.45) is 5.25. The zero-order valence-electron chi connectivity index (χ0n) is 12.1. The quantitative estimate of drug-likeness (QED) is 0.901. The Bertz CT molecular complexity index is 489. The predicted molar refractivity (Wildman–Crippen MR) is 73.9 cm³/mol. The van der Waals surface area contributed by atoms with Crippen molar-refractivity contribution in [1.82, 2.24) is 10.3 Å². The minimum Gasteiger partial charge on any atom is -0.381 e. The molecule has 2 unspecified atom stereocenters. The van der Waals surface area contributed by atoms with E-state index < -0.39 is 5.82 Å². The molecule has 1 aromatic rings. The van der Waals surface area contributed by atoms with E-state index in [0.717, 1.165) is 25.5 Å². The Balaban J connectivity index is 2.11. The first-order valence-electron chi connectivity index (χ1n) is 7.02. The summed E-state index contributed by atoms with van der Waals surface area (Å²) in [4.78, 5) is 15.8. The first kappa shape index (κ1) is 14.9. The Morgan fingerprint density at radius 2 is 2.25 bits per heavy atom. The van der Waals surface area contributed by atoms with Gasteiger partial charge >= 0.3 is 0 Å². The van der Waals surface area contributed by atoms with E-state index in [1.165, 1.54) is 12.3 Å². The SMILES string of the molecule is CCC1(CC)C(NC(=O)c2ccncc2F)CC1OC. The maximum absolute atomic E-state index is 13.6. The fourth-order valence-corrected chi connectivity index (χ4v) is 3.27. The van der Waals surface area contributed by atoms with Crippen LogP contribution >= 0.6 is 0 Å². The number of pyridine rings is 1. The Morgan fingerprint density at radius 1 is 1.55 bits per heavy atom. The zero-order chi connectivity index (χ0) is 14.8. The maximum Gasteiger partial charge on any atom is 0.254 e. The predicted octanol–water partition coefficient (Wildman–Crippen LogP) is 2.54. The van der Waals surface area contributed by atoms with Gasteiger partial charge in [-0.25, -0.2) is 4.39 Å². The fraction of sp³-hybridized carbons (Fsp3) is 0.600. The van der Waals surface area contributed by atoms with Gasteiger partial charge in [0, 0.05) is 24.8 Å². The molecule has 0 aliphatic heterocycles. The number of aromatic nitrogens is 1. The van der Waals surface area contributed by atoms with Gasteiger partial charge in [0.05, 0.1) is 17.9 Å². The molecule has 1 fully saturated rings. The normalized spacial score (nSPS) is 24.0. The summed E-state index contributed by atoms with van der Waals surface area (Å²) in [6, 6.07) is 1.43. The van der Waals surface area contributed by atoms with E-state index >= 15 is 0 Å². The molecule has 1 N–H and O–H groups in total. The van der Waals surface area contributed by atoms with Gasteiger partial charge in [-0.2, -0.15) is 0 Å². The van der Waals surface area contributed by atoms with Gasteiger partial charge in [-0.1, -0.05) is 13.8 Å². The number of hydrogen-bond donors (Lipinski definition) is 1. The highest BCUT2D eigenvalue weighted by atomic mass is 19.1. The van der Waals surface area contributed by atoms with Crippen molar-refractivity contribution in [2.24, 2.45) is 5.41 Å². The lowest BCUT2D eigenvalue weighted by atomic mass is 9.58. The van der Waals surface area contributed by atoms with Crippen LogP contribution in [0.5, 0.6) is 0 Å². The molecule has 4 nitrogen and oxygen atoms in total. The van der Waals surface area contributed by atoms with Gasteiger partial charge in [-0.15, -0.1) is 0 Å². The monoisotopic (exact) mass is 280 g/mol. The van der Waals surface area contributed by atoms with E-state index in [1.807, 2.05) is 0 Å². The van der Waals surface area contributed by atoms with Crippen molar-refractivity contribution >= 4 is 5.91 Å². The second kappa shape index (κ2) is 5.87. The Labute approximate surface area is 118 Å². The molecule has 1 aliphatic rings. The van der Waals surface area contributed by atoms with Crippen LogP contribution < -0.4 is 5.32 Å². The number of carbonyl (C=O) groups excluding carboxylic acids is 1. The van der Waals surface area contributed by atoms with Gasteiger partial charge in [-0.05, 0) is 25.3 Å². The topological polar surface area (TPSA) is 51.2 Å². The van der Waals surface area contributed by atoms with E-state index in [1.54, 1.807) is 7.11 Å². The third-order valence-corrected chi connectivity index (χ3v) is 4.71. The summed E-state index contributed by atoms with van der Waals surface area (Å²) in [6.45, 7) is 4.20. The van der Waals surface area contributed by atoms with Crippen molar-refractivity contribution in [1.29, 1.82) is 0 Å². The number of carbonyl (C=O) groups is 1. The molecule has 1 amide bonds. The molecule has 0 aromatic carbocycles. The minimum atomic E-state index is -0.591. The lowest BCUT2D eigenvalue weighted by Gasteiger charge is -2.55. The van der Waals surface area contributed by atoms with Crippen molar-refractivity contribution in [3.05, 3.63) is 29.8 Å². The first-order valence-corrected chi connectivity index (χ1v) is 7.02. The number of methoxy groups -OCH3 is 1. The van der Waals surface area contributed by atoms with Crippen LogP contribution in [0.1, 0.15) is 43.5 Å². The van der Waals surface area contributed by atoms with Crippen LogP contribution in [-0.4, -0.2) is 30.1 Å². The van der Waals surface area contributed by atoms with E-state index in [-0.39, 0.29) is 29.0 Å². The van der Waals surface area contributed by atoms with E-state index in [0.29, 0.717) is 0 Å². The molecule has 0 spiro atoms. The van der Waals surface area contributed by atoms with Crippen molar-refractivity contribution in [2.75, 3.05) is 7.11 Å². The van der Waals surface area contributed by atoms with Crippen LogP contribution in [0, 0.1) is 11.2 Å². The molecule has 1 heterocycles. The number of halogens is 1. The number of nitrogens with zero attached hydrogens (tertiary/aromatic N) is 1. The van der Waals surface area contributed by atoms with Crippen molar-refractivity contribution in [3.63, 3.8) is 0 Å². The van der Waals surface area contributed by atoms with Gasteiger partial charge in [0.15, 0.2) is 5.82 Å². The van der Waals surface area contributed by atoms with Crippen LogP contribution in [0.3, 0.4) is 0 Å². The molecule has 5 heteroatoms. The van der Waals surface area contributed by atoms with E-state index in [4.69, 9.17) is 4.74 Å². The fourth-order valence-electron chi connectivity index (χ4n) is 3.27. The number of ether oxygens (including phenoxy) is 1. The number of nitrogens with one attached hydrogen (secondary N) is 1. The standard InChI is InChI=1S/C15H21FN2O2/c1-4-15(5-2)12(8-13(15)20-3)18-14(19)10-6-7-17-9-11(10)16/h6-7,9,12-13H,4-5,8H2,1-3H3,(H,18,19). The summed E-state index contributed by atoms with van der Waals surface area (Å²) in [7, 11) is 1.70. The highest BCUT2D eigenvalue weighted by Crippen LogP contribution is 2.48. The molecular formula is C15H21FN2O2. The number of hydrogen-bond acceptors (Lipinski definition) is 3. The van der Waals surface area contributed by atoms with Crippen LogP contribution in [-0.2, 0) is 4.74 Å². The van der Waals surface area contributed by atoms with E-state index in [9.17, 15) is 9.18 Å². The zero-order valence-corrected chi connectivity index (χ0v) is 12.1. The van der Waals surface area contributed by atoms with Gasteiger partial charge < -0.3 is 10.1 Å². The molecule has 1 aliphatic carbocycles. The molecule has 2 atom stereocenters. The van der Waals surface area contributed by atoms with Crippen LogP contribution in [0.25, 0.3) is 0 Å². The van der Waals surface area contributed by atoms with Crippen molar-refractivity contribution in [3.8, 4) is 0 Å².